The number of hydrogen-bond donors (Lipinski definition) is 1. The number of morpholine rings is 1. The van der Waals surface area contributed by atoms with Crippen LogP contribution in [-0.2, 0) is 19.4 Å². The van der Waals surface area contributed by atoms with Gasteiger partial charge >= 0.3 is 0 Å². The van der Waals surface area contributed by atoms with Gasteiger partial charge in [0.05, 0.1) is 23.8 Å². The number of fused-ring (bicyclic) bond motifs is 1. The van der Waals surface area contributed by atoms with E-state index in [1.54, 1.807) is 29.2 Å². The van der Waals surface area contributed by atoms with Gasteiger partial charge in [0.2, 0.25) is 9.84 Å². The van der Waals surface area contributed by atoms with Gasteiger partial charge in [0.25, 0.3) is 5.91 Å². The Kier molecular flexibility index (Phi) is 4.95. The fraction of sp³-hybridized carbons (Fsp3) is 0.211. The maximum absolute atomic E-state index is 13.2. The summed E-state index contributed by atoms with van der Waals surface area (Å²) in [5.41, 5.74) is 1.59. The molecule has 8 heteroatoms. The van der Waals surface area contributed by atoms with E-state index in [0.717, 1.165) is 9.26 Å². The van der Waals surface area contributed by atoms with Crippen LogP contribution in [-0.4, -0.2) is 45.5 Å². The van der Waals surface area contributed by atoms with Crippen LogP contribution in [0.1, 0.15) is 5.56 Å². The lowest BCUT2D eigenvalue weighted by atomic mass is 10.1. The first-order valence-electron chi connectivity index (χ1n) is 8.47. The summed E-state index contributed by atoms with van der Waals surface area (Å²) >= 11 is 2.19. The van der Waals surface area contributed by atoms with Crippen molar-refractivity contribution in [1.29, 1.82) is 0 Å². The number of carbonyl (C=O) groups is 1. The minimum absolute atomic E-state index is 0.162. The third kappa shape index (κ3) is 3.37. The molecule has 1 amide bonds. The summed E-state index contributed by atoms with van der Waals surface area (Å²) < 4.78 is 32.6. The van der Waals surface area contributed by atoms with Gasteiger partial charge in [-0.3, -0.25) is 4.79 Å². The number of nitrogens with zero attached hydrogens (tertiary/aromatic N) is 1. The summed E-state index contributed by atoms with van der Waals surface area (Å²) in [4.78, 5) is 14.7. The zero-order chi connectivity index (χ0) is 19.0. The number of hydrogen-bond acceptors (Lipinski definition) is 5. The number of sulfone groups is 1. The fourth-order valence-electron chi connectivity index (χ4n) is 3.24. The van der Waals surface area contributed by atoms with Crippen LogP contribution in [0, 0.1) is 3.57 Å². The predicted molar refractivity (Wildman–Crippen MR) is 111 cm³/mol. The van der Waals surface area contributed by atoms with Crippen molar-refractivity contribution in [1.82, 2.24) is 4.90 Å². The van der Waals surface area contributed by atoms with E-state index in [2.05, 4.69) is 27.9 Å². The number of benzene rings is 2. The van der Waals surface area contributed by atoms with Gasteiger partial charge in [-0.2, -0.15) is 0 Å². The molecule has 2 aliphatic rings. The van der Waals surface area contributed by atoms with Crippen molar-refractivity contribution in [3.63, 3.8) is 0 Å². The second kappa shape index (κ2) is 7.25. The molecule has 0 aromatic heterocycles. The Morgan fingerprint density at radius 3 is 2.56 bits per heavy atom. The molecule has 6 nitrogen and oxygen atoms in total. The molecule has 1 saturated heterocycles. The molecular weight excluding hydrogens is 479 g/mol. The van der Waals surface area contributed by atoms with E-state index in [4.69, 9.17) is 4.74 Å². The van der Waals surface area contributed by atoms with Crippen molar-refractivity contribution in [3.05, 3.63) is 62.6 Å². The number of rotatable bonds is 3. The van der Waals surface area contributed by atoms with Crippen molar-refractivity contribution in [2.75, 3.05) is 31.6 Å². The molecule has 0 radical (unpaired) electrons. The summed E-state index contributed by atoms with van der Waals surface area (Å²) in [5, 5.41) is 3.18. The summed E-state index contributed by atoms with van der Waals surface area (Å²) in [6.07, 6.45) is 0. The number of nitrogens with one attached hydrogen (secondary N) is 1. The average molecular weight is 496 g/mol. The SMILES string of the molecule is O=C(C1=C(Nc2cccc(I)c2)c2ccccc2S1(=O)=O)N1CCOCC1. The van der Waals surface area contributed by atoms with Gasteiger partial charge in [-0.05, 0) is 46.9 Å². The van der Waals surface area contributed by atoms with Gasteiger partial charge in [0, 0.05) is 27.9 Å². The molecule has 2 heterocycles. The summed E-state index contributed by atoms with van der Waals surface area (Å²) in [6.45, 7) is 1.58. The van der Waals surface area contributed by atoms with E-state index < -0.39 is 15.7 Å². The van der Waals surface area contributed by atoms with E-state index in [1.165, 1.54) is 0 Å². The molecule has 0 bridgehead atoms. The van der Waals surface area contributed by atoms with E-state index in [9.17, 15) is 13.2 Å². The molecular formula is C19H17IN2O4S. The number of halogens is 1. The highest BCUT2D eigenvalue weighted by molar-refractivity contribution is 14.1. The van der Waals surface area contributed by atoms with Crippen molar-refractivity contribution >= 4 is 49.7 Å². The molecule has 2 aromatic rings. The van der Waals surface area contributed by atoms with Gasteiger partial charge in [-0.25, -0.2) is 8.42 Å². The van der Waals surface area contributed by atoms with Gasteiger partial charge in [-0.1, -0.05) is 24.3 Å². The van der Waals surface area contributed by atoms with E-state index in [-0.39, 0.29) is 9.80 Å². The Labute approximate surface area is 171 Å². The van der Waals surface area contributed by atoms with Gasteiger partial charge in [0.1, 0.15) is 0 Å². The smallest absolute Gasteiger partial charge is 0.268 e. The maximum Gasteiger partial charge on any atom is 0.268 e. The average Bonchev–Trinajstić information content (AvgIpc) is 2.89. The van der Waals surface area contributed by atoms with Gasteiger partial charge in [-0.15, -0.1) is 0 Å². The number of anilines is 1. The maximum atomic E-state index is 13.2. The lowest BCUT2D eigenvalue weighted by molar-refractivity contribution is -0.130. The number of carbonyl (C=O) groups excluding carboxylic acids is 1. The highest BCUT2D eigenvalue weighted by Gasteiger charge is 2.41. The lowest BCUT2D eigenvalue weighted by Crippen LogP contribution is -2.42. The molecule has 0 spiro atoms. The number of amides is 1. The quantitative estimate of drug-likeness (QED) is 0.662. The molecule has 4 rings (SSSR count). The Morgan fingerprint density at radius 1 is 1.07 bits per heavy atom. The van der Waals surface area contributed by atoms with Crippen molar-refractivity contribution in [2.24, 2.45) is 0 Å². The molecule has 1 fully saturated rings. The van der Waals surface area contributed by atoms with Crippen molar-refractivity contribution < 1.29 is 17.9 Å². The Hall–Kier alpha value is -1.91. The minimum atomic E-state index is -3.89. The van der Waals surface area contributed by atoms with Crippen molar-refractivity contribution in [2.45, 2.75) is 4.90 Å². The van der Waals surface area contributed by atoms with Crippen LogP contribution < -0.4 is 5.32 Å². The molecule has 0 saturated carbocycles. The summed E-state index contributed by atoms with van der Waals surface area (Å²) in [6, 6.07) is 14.3. The van der Waals surface area contributed by atoms with E-state index >= 15 is 0 Å². The van der Waals surface area contributed by atoms with Crippen LogP contribution in [0.3, 0.4) is 0 Å². The Morgan fingerprint density at radius 2 is 1.81 bits per heavy atom. The Balaban J connectivity index is 1.84. The molecule has 1 N–H and O–H groups in total. The number of ether oxygens (including phenoxy) is 1. The van der Waals surface area contributed by atoms with E-state index in [1.807, 2.05) is 24.3 Å². The molecule has 0 aliphatic carbocycles. The largest absolute Gasteiger partial charge is 0.378 e. The molecule has 2 aliphatic heterocycles. The summed E-state index contributed by atoms with van der Waals surface area (Å²) in [5.74, 6) is -0.484. The third-order valence-corrected chi connectivity index (χ3v) is 7.05. The Bertz CT molecular complexity index is 1040. The van der Waals surface area contributed by atoms with Crippen LogP contribution in [0.25, 0.3) is 5.70 Å². The second-order valence-electron chi connectivity index (χ2n) is 6.24. The first-order chi connectivity index (χ1) is 13.0. The van der Waals surface area contributed by atoms with E-state index in [0.29, 0.717) is 37.6 Å². The van der Waals surface area contributed by atoms with Crippen LogP contribution in [0.15, 0.2) is 58.3 Å². The molecule has 0 unspecified atom stereocenters. The summed E-state index contributed by atoms with van der Waals surface area (Å²) in [7, 11) is -3.89. The first-order valence-corrected chi connectivity index (χ1v) is 11.0. The zero-order valence-corrected chi connectivity index (χ0v) is 17.3. The lowest BCUT2D eigenvalue weighted by Gasteiger charge is -2.27. The van der Waals surface area contributed by atoms with Gasteiger partial charge in [0.15, 0.2) is 4.91 Å². The monoisotopic (exact) mass is 496 g/mol. The highest BCUT2D eigenvalue weighted by atomic mass is 127. The predicted octanol–water partition coefficient (Wildman–Crippen LogP) is 2.72. The normalized spacial score (nSPS) is 18.3. The first kappa shape index (κ1) is 18.5. The highest BCUT2D eigenvalue weighted by Crippen LogP contribution is 2.40. The molecule has 27 heavy (non-hydrogen) atoms. The molecule has 140 valence electrons. The third-order valence-electron chi connectivity index (χ3n) is 4.53. The van der Waals surface area contributed by atoms with Crippen LogP contribution in [0.2, 0.25) is 0 Å². The van der Waals surface area contributed by atoms with Crippen LogP contribution in [0.5, 0.6) is 0 Å². The molecule has 0 atom stereocenters. The topological polar surface area (TPSA) is 75.7 Å². The second-order valence-corrected chi connectivity index (χ2v) is 9.34. The zero-order valence-electron chi connectivity index (χ0n) is 14.3. The standard InChI is InChI=1S/C19H17IN2O4S/c20-13-4-3-5-14(12-13)21-17-15-6-1-2-7-16(15)27(24,25)18(17)19(23)22-8-10-26-11-9-22/h1-7,12,21H,8-11H2. The van der Waals surface area contributed by atoms with Crippen LogP contribution >= 0.6 is 22.6 Å². The van der Waals surface area contributed by atoms with Crippen LogP contribution in [0.4, 0.5) is 5.69 Å². The fourth-order valence-corrected chi connectivity index (χ4v) is 5.51. The van der Waals surface area contributed by atoms with Crippen molar-refractivity contribution in [3.8, 4) is 0 Å². The minimum Gasteiger partial charge on any atom is -0.378 e. The molecule has 2 aromatic carbocycles. The van der Waals surface area contributed by atoms with Gasteiger partial charge < -0.3 is 15.0 Å².